The smallest absolute Gasteiger partial charge is 0.220 e. The SMILES string of the molecule is CCOCc1csc(C2CCCN2C(C)=O)n1. The predicted octanol–water partition coefficient (Wildman–Crippen LogP) is 2.36. The second-order valence-electron chi connectivity index (χ2n) is 4.18. The fourth-order valence-corrected chi connectivity index (χ4v) is 3.10. The van der Waals surface area contributed by atoms with Gasteiger partial charge in [0.25, 0.3) is 0 Å². The third-order valence-electron chi connectivity index (χ3n) is 2.97. The molecule has 1 saturated heterocycles. The Morgan fingerprint density at radius 3 is 3.24 bits per heavy atom. The summed E-state index contributed by atoms with van der Waals surface area (Å²) in [6, 6.07) is 0.188. The van der Waals surface area contributed by atoms with Crippen molar-refractivity contribution in [3.05, 3.63) is 16.1 Å². The maximum absolute atomic E-state index is 11.5. The number of carbonyl (C=O) groups excluding carboxylic acids is 1. The second kappa shape index (κ2) is 5.60. The number of carbonyl (C=O) groups is 1. The van der Waals surface area contributed by atoms with Crippen LogP contribution in [0.15, 0.2) is 5.38 Å². The molecule has 2 heterocycles. The molecular formula is C12H18N2O2S. The molecule has 94 valence electrons. The molecule has 17 heavy (non-hydrogen) atoms. The molecule has 0 aliphatic carbocycles. The zero-order valence-corrected chi connectivity index (χ0v) is 11.1. The van der Waals surface area contributed by atoms with Gasteiger partial charge in [0.2, 0.25) is 5.91 Å². The minimum Gasteiger partial charge on any atom is -0.375 e. The van der Waals surface area contributed by atoms with E-state index < -0.39 is 0 Å². The van der Waals surface area contributed by atoms with Crippen molar-refractivity contribution >= 4 is 17.2 Å². The van der Waals surface area contributed by atoms with Gasteiger partial charge < -0.3 is 9.64 Å². The summed E-state index contributed by atoms with van der Waals surface area (Å²) in [7, 11) is 0. The molecular weight excluding hydrogens is 236 g/mol. The van der Waals surface area contributed by atoms with Gasteiger partial charge in [-0.1, -0.05) is 0 Å². The van der Waals surface area contributed by atoms with Crippen molar-refractivity contribution in [3.63, 3.8) is 0 Å². The molecule has 1 aromatic heterocycles. The highest BCUT2D eigenvalue weighted by Crippen LogP contribution is 2.33. The monoisotopic (exact) mass is 254 g/mol. The second-order valence-corrected chi connectivity index (χ2v) is 5.07. The summed E-state index contributed by atoms with van der Waals surface area (Å²) >= 11 is 1.63. The molecule has 0 spiro atoms. The lowest BCUT2D eigenvalue weighted by atomic mass is 10.2. The zero-order valence-electron chi connectivity index (χ0n) is 10.3. The van der Waals surface area contributed by atoms with Crippen molar-refractivity contribution in [1.29, 1.82) is 0 Å². The van der Waals surface area contributed by atoms with Crippen molar-refractivity contribution < 1.29 is 9.53 Å². The van der Waals surface area contributed by atoms with E-state index in [1.807, 2.05) is 17.2 Å². The Labute approximate surface area is 106 Å². The molecule has 5 heteroatoms. The molecule has 4 nitrogen and oxygen atoms in total. The average Bonchev–Trinajstić information content (AvgIpc) is 2.94. The largest absolute Gasteiger partial charge is 0.375 e. The lowest BCUT2D eigenvalue weighted by Crippen LogP contribution is -2.27. The van der Waals surface area contributed by atoms with Crippen LogP contribution in [0.4, 0.5) is 0 Å². The van der Waals surface area contributed by atoms with Crippen molar-refractivity contribution in [3.8, 4) is 0 Å². The number of nitrogens with zero attached hydrogens (tertiary/aromatic N) is 2. The van der Waals surface area contributed by atoms with Gasteiger partial charge in [0.05, 0.1) is 18.3 Å². The van der Waals surface area contributed by atoms with Gasteiger partial charge in [0.15, 0.2) is 0 Å². The summed E-state index contributed by atoms with van der Waals surface area (Å²) in [5.41, 5.74) is 0.974. The van der Waals surface area contributed by atoms with E-state index in [9.17, 15) is 4.79 Å². The number of ether oxygens (including phenoxy) is 1. The van der Waals surface area contributed by atoms with Crippen LogP contribution in [-0.2, 0) is 16.1 Å². The third-order valence-corrected chi connectivity index (χ3v) is 3.96. The van der Waals surface area contributed by atoms with E-state index in [-0.39, 0.29) is 11.9 Å². The Hall–Kier alpha value is -0.940. The Balaban J connectivity index is 2.06. The molecule has 0 N–H and O–H groups in total. The van der Waals surface area contributed by atoms with Crippen LogP contribution in [0.5, 0.6) is 0 Å². The van der Waals surface area contributed by atoms with Crippen molar-refractivity contribution in [2.24, 2.45) is 0 Å². The number of aromatic nitrogens is 1. The van der Waals surface area contributed by atoms with Crippen LogP contribution >= 0.6 is 11.3 Å². The van der Waals surface area contributed by atoms with Crippen LogP contribution in [0.1, 0.15) is 43.4 Å². The Bertz CT molecular complexity index is 392. The topological polar surface area (TPSA) is 42.4 Å². The predicted molar refractivity (Wildman–Crippen MR) is 66.8 cm³/mol. The minimum atomic E-state index is 0.147. The van der Waals surface area contributed by atoms with E-state index in [4.69, 9.17) is 4.74 Å². The summed E-state index contributed by atoms with van der Waals surface area (Å²) in [5.74, 6) is 0.147. The molecule has 2 rings (SSSR count). The average molecular weight is 254 g/mol. The molecule has 1 atom stereocenters. The first-order valence-electron chi connectivity index (χ1n) is 6.01. The fraction of sp³-hybridized carbons (Fsp3) is 0.667. The third kappa shape index (κ3) is 2.84. The van der Waals surface area contributed by atoms with Gasteiger partial charge in [-0.25, -0.2) is 4.98 Å². The quantitative estimate of drug-likeness (QED) is 0.828. The lowest BCUT2D eigenvalue weighted by Gasteiger charge is -2.21. The summed E-state index contributed by atoms with van der Waals surface area (Å²) in [6.45, 7) is 5.74. The number of amides is 1. The molecule has 1 aliphatic heterocycles. The first-order valence-corrected chi connectivity index (χ1v) is 6.89. The number of likely N-dealkylation sites (tertiary alicyclic amines) is 1. The van der Waals surface area contributed by atoms with Crippen LogP contribution < -0.4 is 0 Å². The lowest BCUT2D eigenvalue weighted by molar-refractivity contribution is -0.129. The van der Waals surface area contributed by atoms with Gasteiger partial charge in [-0.3, -0.25) is 4.79 Å². The normalized spacial score (nSPS) is 19.9. The zero-order chi connectivity index (χ0) is 12.3. The van der Waals surface area contributed by atoms with Crippen LogP contribution in [-0.4, -0.2) is 28.9 Å². The first-order chi connectivity index (χ1) is 8.22. The first kappa shape index (κ1) is 12.5. The highest BCUT2D eigenvalue weighted by atomic mass is 32.1. The summed E-state index contributed by atoms with van der Waals surface area (Å²) in [4.78, 5) is 18.0. The van der Waals surface area contributed by atoms with E-state index in [1.54, 1.807) is 18.3 Å². The van der Waals surface area contributed by atoms with Gasteiger partial charge in [0, 0.05) is 25.5 Å². The number of hydrogen-bond donors (Lipinski definition) is 0. The van der Waals surface area contributed by atoms with Gasteiger partial charge in [0.1, 0.15) is 5.01 Å². The molecule has 1 unspecified atom stereocenters. The molecule has 0 aromatic carbocycles. The fourth-order valence-electron chi connectivity index (χ4n) is 2.15. The van der Waals surface area contributed by atoms with E-state index in [0.29, 0.717) is 13.2 Å². The molecule has 0 radical (unpaired) electrons. The van der Waals surface area contributed by atoms with Crippen molar-refractivity contribution in [2.75, 3.05) is 13.2 Å². The van der Waals surface area contributed by atoms with Gasteiger partial charge in [-0.2, -0.15) is 0 Å². The standard InChI is InChI=1S/C12H18N2O2S/c1-3-16-7-10-8-17-12(13-10)11-5-4-6-14(11)9(2)15/h8,11H,3-7H2,1-2H3. The summed E-state index contributed by atoms with van der Waals surface area (Å²) in [6.07, 6.45) is 2.10. The highest BCUT2D eigenvalue weighted by molar-refractivity contribution is 7.09. The summed E-state index contributed by atoms with van der Waals surface area (Å²) < 4.78 is 5.33. The maximum Gasteiger partial charge on any atom is 0.220 e. The van der Waals surface area contributed by atoms with E-state index in [2.05, 4.69) is 4.98 Å². The molecule has 1 amide bonds. The van der Waals surface area contributed by atoms with Gasteiger partial charge in [-0.05, 0) is 19.8 Å². The van der Waals surface area contributed by atoms with Gasteiger partial charge in [-0.15, -0.1) is 11.3 Å². The molecule has 0 bridgehead atoms. The van der Waals surface area contributed by atoms with Crippen LogP contribution in [0, 0.1) is 0 Å². The minimum absolute atomic E-state index is 0.147. The number of rotatable bonds is 4. The van der Waals surface area contributed by atoms with Crippen molar-refractivity contribution in [1.82, 2.24) is 9.88 Å². The number of hydrogen-bond acceptors (Lipinski definition) is 4. The van der Waals surface area contributed by atoms with Crippen molar-refractivity contribution in [2.45, 2.75) is 39.3 Å². The van der Waals surface area contributed by atoms with Crippen LogP contribution in [0.3, 0.4) is 0 Å². The molecule has 0 saturated carbocycles. The van der Waals surface area contributed by atoms with Crippen LogP contribution in [0.2, 0.25) is 0 Å². The van der Waals surface area contributed by atoms with E-state index in [0.717, 1.165) is 30.1 Å². The van der Waals surface area contributed by atoms with Crippen LogP contribution in [0.25, 0.3) is 0 Å². The van der Waals surface area contributed by atoms with Gasteiger partial charge >= 0.3 is 0 Å². The summed E-state index contributed by atoms with van der Waals surface area (Å²) in [5, 5.41) is 3.08. The highest BCUT2D eigenvalue weighted by Gasteiger charge is 2.29. The Morgan fingerprint density at radius 2 is 2.53 bits per heavy atom. The Morgan fingerprint density at radius 1 is 1.71 bits per heavy atom. The number of thiazole rings is 1. The molecule has 1 aromatic rings. The Kier molecular flexibility index (Phi) is 4.12. The van der Waals surface area contributed by atoms with E-state index in [1.165, 1.54) is 0 Å². The maximum atomic E-state index is 11.5. The molecule has 1 fully saturated rings. The van der Waals surface area contributed by atoms with E-state index >= 15 is 0 Å². The molecule has 1 aliphatic rings.